The van der Waals surface area contributed by atoms with Crippen molar-refractivity contribution in [3.05, 3.63) is 42.6 Å². The summed E-state index contributed by atoms with van der Waals surface area (Å²) in [6.45, 7) is 6.39. The quantitative estimate of drug-likeness (QED) is 0.517. The number of rotatable bonds is 5. The number of hydrogen-bond donors (Lipinski definition) is 3. The first-order chi connectivity index (χ1) is 16.6. The number of pyridine rings is 2. The zero-order valence-electron chi connectivity index (χ0n) is 19.9. The molecule has 0 saturated carbocycles. The highest BCUT2D eigenvalue weighted by Gasteiger charge is 2.39. The summed E-state index contributed by atoms with van der Waals surface area (Å²) in [7, 11) is 1.86. The van der Waals surface area contributed by atoms with Crippen LogP contribution in [-0.2, 0) is 4.74 Å². The van der Waals surface area contributed by atoms with Crippen molar-refractivity contribution in [3.63, 3.8) is 0 Å². The Morgan fingerprint density at radius 2 is 2.15 bits per heavy atom. The molecule has 1 unspecified atom stereocenters. The lowest BCUT2D eigenvalue weighted by molar-refractivity contribution is 0.168. The van der Waals surface area contributed by atoms with Crippen LogP contribution >= 0.6 is 0 Å². The SMILES string of the molecule is CCOC(=O)Nc1ccc2c(N3CCC4(CCCNC4)C3)cc(-c3ccc(NC)nc3)nc2c1. The molecular formula is C26H32N6O2. The summed E-state index contributed by atoms with van der Waals surface area (Å²) in [6, 6.07) is 12.1. The number of hydrogen-bond acceptors (Lipinski definition) is 7. The Balaban J connectivity index is 1.55. The van der Waals surface area contributed by atoms with E-state index in [0.29, 0.717) is 17.7 Å². The van der Waals surface area contributed by atoms with Crippen molar-refractivity contribution in [2.45, 2.75) is 26.2 Å². The number of nitrogens with one attached hydrogen (secondary N) is 3. The number of ether oxygens (including phenoxy) is 1. The van der Waals surface area contributed by atoms with Gasteiger partial charge in [0.25, 0.3) is 0 Å². The Hall–Kier alpha value is -3.39. The van der Waals surface area contributed by atoms with Gasteiger partial charge in [-0.3, -0.25) is 5.32 Å². The van der Waals surface area contributed by atoms with Crippen LogP contribution in [-0.4, -0.2) is 55.9 Å². The molecule has 1 amide bonds. The van der Waals surface area contributed by atoms with E-state index in [2.05, 4.69) is 38.0 Å². The monoisotopic (exact) mass is 460 g/mol. The van der Waals surface area contributed by atoms with E-state index in [1.807, 2.05) is 37.5 Å². The second-order valence-corrected chi connectivity index (χ2v) is 9.24. The van der Waals surface area contributed by atoms with E-state index in [1.54, 1.807) is 6.92 Å². The zero-order valence-corrected chi connectivity index (χ0v) is 19.9. The summed E-state index contributed by atoms with van der Waals surface area (Å²) in [4.78, 5) is 23.9. The van der Waals surface area contributed by atoms with Gasteiger partial charge in [-0.25, -0.2) is 14.8 Å². The van der Waals surface area contributed by atoms with Crippen LogP contribution < -0.4 is 20.9 Å². The molecule has 2 fully saturated rings. The Morgan fingerprint density at radius 1 is 1.24 bits per heavy atom. The highest BCUT2D eigenvalue weighted by molar-refractivity contribution is 5.97. The van der Waals surface area contributed by atoms with Crippen LogP contribution in [0.5, 0.6) is 0 Å². The van der Waals surface area contributed by atoms with Gasteiger partial charge in [-0.05, 0) is 69.1 Å². The smallest absolute Gasteiger partial charge is 0.411 e. The van der Waals surface area contributed by atoms with E-state index in [9.17, 15) is 4.79 Å². The molecule has 0 aliphatic carbocycles. The molecule has 1 atom stereocenters. The van der Waals surface area contributed by atoms with Gasteiger partial charge in [0.15, 0.2) is 0 Å². The van der Waals surface area contributed by atoms with Crippen molar-refractivity contribution in [2.24, 2.45) is 5.41 Å². The van der Waals surface area contributed by atoms with E-state index in [1.165, 1.54) is 24.9 Å². The predicted molar refractivity (Wildman–Crippen MR) is 137 cm³/mol. The van der Waals surface area contributed by atoms with Crippen molar-refractivity contribution < 1.29 is 9.53 Å². The number of amides is 1. The molecule has 8 heteroatoms. The molecule has 0 bridgehead atoms. The van der Waals surface area contributed by atoms with Crippen molar-refractivity contribution >= 4 is 34.2 Å². The molecule has 3 N–H and O–H groups in total. The molecule has 3 aromatic rings. The number of fused-ring (bicyclic) bond motifs is 1. The van der Waals surface area contributed by atoms with E-state index < -0.39 is 6.09 Å². The van der Waals surface area contributed by atoms with Gasteiger partial charge in [0.05, 0.1) is 17.8 Å². The van der Waals surface area contributed by atoms with Crippen LogP contribution in [0.15, 0.2) is 42.6 Å². The van der Waals surface area contributed by atoms with Crippen molar-refractivity contribution in [3.8, 4) is 11.3 Å². The van der Waals surface area contributed by atoms with Gasteiger partial charge in [-0.1, -0.05) is 0 Å². The Kier molecular flexibility index (Phi) is 6.24. The predicted octanol–water partition coefficient (Wildman–Crippen LogP) is 4.49. The molecule has 2 aromatic heterocycles. The minimum atomic E-state index is -0.462. The van der Waals surface area contributed by atoms with Crippen molar-refractivity contribution in [1.29, 1.82) is 0 Å². The summed E-state index contributed by atoms with van der Waals surface area (Å²) < 4.78 is 5.04. The highest BCUT2D eigenvalue weighted by Crippen LogP contribution is 2.41. The molecule has 5 rings (SSSR count). The van der Waals surface area contributed by atoms with Gasteiger partial charge in [0.1, 0.15) is 5.82 Å². The van der Waals surface area contributed by atoms with E-state index in [0.717, 1.165) is 54.2 Å². The summed E-state index contributed by atoms with van der Waals surface area (Å²) >= 11 is 0. The second-order valence-electron chi connectivity index (χ2n) is 9.24. The molecule has 2 saturated heterocycles. The molecular weight excluding hydrogens is 428 g/mol. The van der Waals surface area contributed by atoms with E-state index in [4.69, 9.17) is 9.72 Å². The summed E-state index contributed by atoms with van der Waals surface area (Å²) in [5, 5.41) is 10.6. The van der Waals surface area contributed by atoms with Gasteiger partial charge >= 0.3 is 6.09 Å². The van der Waals surface area contributed by atoms with Crippen molar-refractivity contribution in [2.75, 3.05) is 55.4 Å². The number of piperidine rings is 1. The molecule has 178 valence electrons. The number of benzene rings is 1. The van der Waals surface area contributed by atoms with Crippen molar-refractivity contribution in [1.82, 2.24) is 15.3 Å². The average molecular weight is 461 g/mol. The number of anilines is 3. The fraction of sp³-hybridized carbons (Fsp3) is 0.423. The Morgan fingerprint density at radius 3 is 2.88 bits per heavy atom. The topological polar surface area (TPSA) is 91.4 Å². The summed E-state index contributed by atoms with van der Waals surface area (Å²) in [6.07, 6.45) is 5.09. The fourth-order valence-electron chi connectivity index (χ4n) is 5.20. The molecule has 1 aromatic carbocycles. The lowest BCUT2D eigenvalue weighted by Crippen LogP contribution is -2.41. The molecule has 34 heavy (non-hydrogen) atoms. The van der Waals surface area contributed by atoms with E-state index >= 15 is 0 Å². The van der Waals surface area contributed by atoms with E-state index in [-0.39, 0.29) is 0 Å². The maximum atomic E-state index is 12.0. The molecule has 2 aliphatic rings. The van der Waals surface area contributed by atoms with Gasteiger partial charge in [-0.15, -0.1) is 0 Å². The fourth-order valence-corrected chi connectivity index (χ4v) is 5.20. The van der Waals surface area contributed by atoms with Gasteiger partial charge in [0, 0.05) is 60.6 Å². The number of carbonyl (C=O) groups is 1. The third-order valence-electron chi connectivity index (χ3n) is 6.96. The maximum absolute atomic E-state index is 12.0. The van der Waals surface area contributed by atoms with Gasteiger partial charge in [0.2, 0.25) is 0 Å². The average Bonchev–Trinajstić information content (AvgIpc) is 3.26. The Bertz CT molecular complexity index is 1170. The third-order valence-corrected chi connectivity index (χ3v) is 6.96. The first kappa shape index (κ1) is 22.4. The second kappa shape index (κ2) is 9.46. The van der Waals surface area contributed by atoms with Crippen LogP contribution in [0.2, 0.25) is 0 Å². The normalized spacial score (nSPS) is 20.0. The maximum Gasteiger partial charge on any atom is 0.411 e. The molecule has 8 nitrogen and oxygen atoms in total. The van der Waals surface area contributed by atoms with Gasteiger partial charge < -0.3 is 20.3 Å². The summed E-state index contributed by atoms with van der Waals surface area (Å²) in [5.41, 5.74) is 4.85. The van der Waals surface area contributed by atoms with Gasteiger partial charge in [-0.2, -0.15) is 0 Å². The number of aromatic nitrogens is 2. The number of nitrogens with zero attached hydrogens (tertiary/aromatic N) is 3. The first-order valence-electron chi connectivity index (χ1n) is 12.1. The number of carbonyl (C=O) groups excluding carboxylic acids is 1. The van der Waals surface area contributed by atoms with Crippen LogP contribution in [0, 0.1) is 5.41 Å². The molecule has 0 radical (unpaired) electrons. The minimum absolute atomic E-state index is 0.327. The highest BCUT2D eigenvalue weighted by atomic mass is 16.5. The van der Waals surface area contributed by atoms with Crippen LogP contribution in [0.3, 0.4) is 0 Å². The van der Waals surface area contributed by atoms with Crippen LogP contribution in [0.25, 0.3) is 22.2 Å². The lowest BCUT2D eigenvalue weighted by Gasteiger charge is -2.34. The molecule has 1 spiro atoms. The van der Waals surface area contributed by atoms with Crippen LogP contribution in [0.4, 0.5) is 22.0 Å². The lowest BCUT2D eigenvalue weighted by atomic mass is 9.80. The third kappa shape index (κ3) is 4.50. The summed E-state index contributed by atoms with van der Waals surface area (Å²) in [5.74, 6) is 0.817. The minimum Gasteiger partial charge on any atom is -0.450 e. The molecule has 2 aliphatic heterocycles. The Labute approximate surface area is 200 Å². The first-order valence-corrected chi connectivity index (χ1v) is 12.1. The zero-order chi connectivity index (χ0) is 23.5. The largest absolute Gasteiger partial charge is 0.450 e. The molecule has 4 heterocycles. The standard InChI is InChI=1S/C26H32N6O2/c1-3-34-25(33)30-19-6-7-20-22(13-19)31-21(18-5-8-24(27-2)29-15-18)14-23(20)32-12-10-26(17-32)9-4-11-28-16-26/h5-8,13-15,28H,3-4,9-12,16-17H2,1-2H3,(H,27,29)(H,30,33). The van der Waals surface area contributed by atoms with Crippen LogP contribution in [0.1, 0.15) is 26.2 Å².